The number of nitrogens with zero attached hydrogens (tertiary/aromatic N) is 3. The van der Waals surface area contributed by atoms with Crippen LogP contribution in [0.15, 0.2) is 36.5 Å². The molecule has 1 aromatic carbocycles. The van der Waals surface area contributed by atoms with Gasteiger partial charge in [0.2, 0.25) is 0 Å². The van der Waals surface area contributed by atoms with Gasteiger partial charge in [0.25, 0.3) is 5.91 Å². The number of fused-ring (bicyclic) bond motifs is 1. The van der Waals surface area contributed by atoms with Crippen LogP contribution in [0, 0.1) is 6.92 Å². The Balaban J connectivity index is 1.41. The Hall–Kier alpha value is -2.93. The van der Waals surface area contributed by atoms with Crippen LogP contribution in [0.25, 0.3) is 11.0 Å². The summed E-state index contributed by atoms with van der Waals surface area (Å²) in [6.07, 6.45) is 3.94. The topological polar surface area (TPSA) is 78.3 Å². The number of benzene rings is 1. The maximum Gasteiger partial charge on any atom is 0.255 e. The normalized spacial score (nSPS) is 16.6. The summed E-state index contributed by atoms with van der Waals surface area (Å²) >= 11 is 0. The van der Waals surface area contributed by atoms with Gasteiger partial charge < -0.3 is 14.8 Å². The molecule has 0 saturated carbocycles. The van der Waals surface area contributed by atoms with Crippen molar-refractivity contribution in [1.82, 2.24) is 14.8 Å². The SMILES string of the molecule is Cc1nn(C)c2ncc(NC(=O)c3ccc(OCC4CCCO4)cc3)cc12. The number of hydrogen-bond acceptors (Lipinski definition) is 5. The van der Waals surface area contributed by atoms with Gasteiger partial charge in [0.15, 0.2) is 5.65 Å². The fourth-order valence-electron chi connectivity index (χ4n) is 3.25. The number of aryl methyl sites for hydroxylation is 2. The van der Waals surface area contributed by atoms with Crippen LogP contribution in [0.3, 0.4) is 0 Å². The Morgan fingerprint density at radius 2 is 2.19 bits per heavy atom. The van der Waals surface area contributed by atoms with Crippen LogP contribution >= 0.6 is 0 Å². The third-order valence-electron chi connectivity index (χ3n) is 4.70. The standard InChI is InChI=1S/C20H22N4O3/c1-13-18-10-15(11-21-19(18)24(2)23-13)22-20(25)14-5-7-16(8-6-14)27-12-17-4-3-9-26-17/h5-8,10-11,17H,3-4,9,12H2,1-2H3,(H,22,25). The second kappa shape index (κ2) is 7.36. The third-order valence-corrected chi connectivity index (χ3v) is 4.70. The fraction of sp³-hybridized carbons (Fsp3) is 0.350. The maximum atomic E-state index is 12.5. The van der Waals surface area contributed by atoms with Crippen molar-refractivity contribution in [2.75, 3.05) is 18.5 Å². The van der Waals surface area contributed by atoms with Crippen molar-refractivity contribution >= 4 is 22.6 Å². The first-order valence-electron chi connectivity index (χ1n) is 9.05. The highest BCUT2D eigenvalue weighted by molar-refractivity contribution is 6.05. The van der Waals surface area contributed by atoms with Crippen molar-refractivity contribution in [3.63, 3.8) is 0 Å². The zero-order valence-electron chi connectivity index (χ0n) is 15.4. The van der Waals surface area contributed by atoms with Crippen LogP contribution in [0.1, 0.15) is 28.9 Å². The largest absolute Gasteiger partial charge is 0.491 e. The van der Waals surface area contributed by atoms with Gasteiger partial charge >= 0.3 is 0 Å². The molecule has 2 aromatic heterocycles. The second-order valence-corrected chi connectivity index (χ2v) is 6.73. The van der Waals surface area contributed by atoms with Crippen LogP contribution in [0.2, 0.25) is 0 Å². The quantitative estimate of drug-likeness (QED) is 0.751. The van der Waals surface area contributed by atoms with Gasteiger partial charge in [-0.1, -0.05) is 0 Å². The van der Waals surface area contributed by atoms with E-state index < -0.39 is 0 Å². The number of hydrogen-bond donors (Lipinski definition) is 1. The average molecular weight is 366 g/mol. The van der Waals surface area contributed by atoms with Crippen LogP contribution in [0.5, 0.6) is 5.75 Å². The van der Waals surface area contributed by atoms with Gasteiger partial charge in [-0.05, 0) is 50.1 Å². The number of carbonyl (C=O) groups is 1. The molecule has 3 aromatic rings. The number of ether oxygens (including phenoxy) is 2. The van der Waals surface area contributed by atoms with E-state index in [2.05, 4.69) is 15.4 Å². The lowest BCUT2D eigenvalue weighted by Crippen LogP contribution is -2.16. The van der Waals surface area contributed by atoms with Crippen molar-refractivity contribution in [3.8, 4) is 5.75 Å². The Morgan fingerprint density at radius 3 is 2.93 bits per heavy atom. The van der Waals surface area contributed by atoms with Crippen LogP contribution in [-0.2, 0) is 11.8 Å². The fourth-order valence-corrected chi connectivity index (χ4v) is 3.25. The molecule has 1 unspecified atom stereocenters. The van der Waals surface area contributed by atoms with Crippen LogP contribution in [-0.4, -0.2) is 40.0 Å². The van der Waals surface area contributed by atoms with Crippen LogP contribution < -0.4 is 10.1 Å². The maximum absolute atomic E-state index is 12.5. The minimum Gasteiger partial charge on any atom is -0.491 e. The van der Waals surface area contributed by atoms with E-state index in [-0.39, 0.29) is 12.0 Å². The summed E-state index contributed by atoms with van der Waals surface area (Å²) in [5.41, 5.74) is 2.87. The first kappa shape index (κ1) is 17.5. The molecular weight excluding hydrogens is 344 g/mol. The van der Waals surface area contributed by atoms with Crippen molar-refractivity contribution < 1.29 is 14.3 Å². The zero-order chi connectivity index (χ0) is 18.8. The Bertz CT molecular complexity index is 959. The van der Waals surface area contributed by atoms with E-state index in [1.165, 1.54) is 0 Å². The number of anilines is 1. The summed E-state index contributed by atoms with van der Waals surface area (Å²) in [5, 5.41) is 8.15. The molecule has 27 heavy (non-hydrogen) atoms. The van der Waals surface area contributed by atoms with Crippen molar-refractivity contribution in [3.05, 3.63) is 47.8 Å². The highest BCUT2D eigenvalue weighted by Crippen LogP contribution is 2.21. The zero-order valence-corrected chi connectivity index (χ0v) is 15.4. The molecule has 4 rings (SSSR count). The summed E-state index contributed by atoms with van der Waals surface area (Å²) in [6.45, 7) is 3.28. The lowest BCUT2D eigenvalue weighted by atomic mass is 10.2. The number of aromatic nitrogens is 3. The molecule has 1 amide bonds. The minimum absolute atomic E-state index is 0.173. The Kier molecular flexibility index (Phi) is 4.77. The van der Waals surface area contributed by atoms with Gasteiger partial charge in [0.05, 0.1) is 23.7 Å². The van der Waals surface area contributed by atoms with E-state index in [0.717, 1.165) is 41.9 Å². The Labute approximate surface area is 157 Å². The highest BCUT2D eigenvalue weighted by Gasteiger charge is 2.16. The lowest BCUT2D eigenvalue weighted by molar-refractivity contribution is 0.0679. The predicted octanol–water partition coefficient (Wildman–Crippen LogP) is 3.09. The summed E-state index contributed by atoms with van der Waals surface area (Å²) in [5.74, 6) is 0.541. The molecule has 1 aliphatic heterocycles. The second-order valence-electron chi connectivity index (χ2n) is 6.73. The van der Waals surface area contributed by atoms with Gasteiger partial charge in [-0.25, -0.2) is 4.98 Å². The molecule has 3 heterocycles. The average Bonchev–Trinajstić information content (AvgIpc) is 3.29. The summed E-state index contributed by atoms with van der Waals surface area (Å²) in [7, 11) is 1.85. The van der Waals surface area contributed by atoms with Gasteiger partial charge in [-0.2, -0.15) is 5.10 Å². The van der Waals surface area contributed by atoms with Crippen LogP contribution in [0.4, 0.5) is 5.69 Å². The van der Waals surface area contributed by atoms with Gasteiger partial charge in [-0.15, -0.1) is 0 Å². The van der Waals surface area contributed by atoms with Gasteiger partial charge in [0, 0.05) is 24.6 Å². The van der Waals surface area contributed by atoms with Gasteiger partial charge in [-0.3, -0.25) is 9.48 Å². The number of carbonyl (C=O) groups excluding carboxylic acids is 1. The molecule has 7 heteroatoms. The van der Waals surface area contributed by atoms with Gasteiger partial charge in [0.1, 0.15) is 12.4 Å². The highest BCUT2D eigenvalue weighted by atomic mass is 16.5. The Morgan fingerprint density at radius 1 is 1.37 bits per heavy atom. The van der Waals surface area contributed by atoms with E-state index in [1.54, 1.807) is 35.1 Å². The molecule has 0 spiro atoms. The number of nitrogens with one attached hydrogen (secondary N) is 1. The molecule has 0 radical (unpaired) electrons. The number of rotatable bonds is 5. The first-order chi connectivity index (χ1) is 13.1. The van der Waals surface area contributed by atoms with Crippen molar-refractivity contribution in [1.29, 1.82) is 0 Å². The molecule has 0 bridgehead atoms. The molecular formula is C20H22N4O3. The number of amides is 1. The molecule has 140 valence electrons. The summed E-state index contributed by atoms with van der Waals surface area (Å²) in [4.78, 5) is 16.9. The monoisotopic (exact) mass is 366 g/mol. The molecule has 1 N–H and O–H groups in total. The molecule has 1 atom stereocenters. The number of pyridine rings is 1. The third kappa shape index (κ3) is 3.78. The first-order valence-corrected chi connectivity index (χ1v) is 9.05. The van der Waals surface area contributed by atoms with E-state index in [1.807, 2.05) is 20.0 Å². The molecule has 0 aliphatic carbocycles. The van der Waals surface area contributed by atoms with E-state index in [4.69, 9.17) is 9.47 Å². The molecule has 1 fully saturated rings. The smallest absolute Gasteiger partial charge is 0.255 e. The molecule has 1 saturated heterocycles. The van der Waals surface area contributed by atoms with Crippen molar-refractivity contribution in [2.45, 2.75) is 25.9 Å². The predicted molar refractivity (Wildman–Crippen MR) is 102 cm³/mol. The van der Waals surface area contributed by atoms with E-state index >= 15 is 0 Å². The van der Waals surface area contributed by atoms with E-state index in [0.29, 0.717) is 17.9 Å². The van der Waals surface area contributed by atoms with Crippen molar-refractivity contribution in [2.24, 2.45) is 7.05 Å². The molecule has 7 nitrogen and oxygen atoms in total. The van der Waals surface area contributed by atoms with E-state index in [9.17, 15) is 4.79 Å². The minimum atomic E-state index is -0.191. The lowest BCUT2D eigenvalue weighted by Gasteiger charge is -2.11. The summed E-state index contributed by atoms with van der Waals surface area (Å²) in [6, 6.07) is 9.00. The molecule has 1 aliphatic rings. The summed E-state index contributed by atoms with van der Waals surface area (Å²) < 4.78 is 13.0.